The van der Waals surface area contributed by atoms with Gasteiger partial charge in [-0.3, -0.25) is 4.98 Å². The molecule has 0 bridgehead atoms. The van der Waals surface area contributed by atoms with Crippen LogP contribution in [0.25, 0.3) is 0 Å². The van der Waals surface area contributed by atoms with Crippen LogP contribution in [0.1, 0.15) is 51.8 Å². The zero-order valence-corrected chi connectivity index (χ0v) is 12.5. The van der Waals surface area contributed by atoms with Gasteiger partial charge in [-0.25, -0.2) is 0 Å². The molecule has 1 fully saturated rings. The maximum Gasteiger partial charge on any atom is 0.0572 e. The summed E-state index contributed by atoms with van der Waals surface area (Å²) in [5.41, 5.74) is 2.41. The van der Waals surface area contributed by atoms with Gasteiger partial charge in [0.15, 0.2) is 0 Å². The monoisotopic (exact) mass is 261 g/mol. The number of nitrogens with one attached hydrogen (secondary N) is 1. The van der Waals surface area contributed by atoms with Crippen LogP contribution in [0.5, 0.6) is 0 Å². The molecule has 3 nitrogen and oxygen atoms in total. The van der Waals surface area contributed by atoms with Crippen molar-refractivity contribution in [3.63, 3.8) is 0 Å². The lowest BCUT2D eigenvalue weighted by atomic mass is 9.94. The van der Waals surface area contributed by atoms with Gasteiger partial charge in [0.05, 0.1) is 17.6 Å². The molecule has 19 heavy (non-hydrogen) atoms. The van der Waals surface area contributed by atoms with Gasteiger partial charge >= 0.3 is 0 Å². The summed E-state index contributed by atoms with van der Waals surface area (Å²) in [6.07, 6.45) is 6.01. The molecule has 1 unspecified atom stereocenters. The molecule has 1 saturated heterocycles. The summed E-state index contributed by atoms with van der Waals surface area (Å²) < 4.78 is 0. The van der Waals surface area contributed by atoms with E-state index in [4.69, 9.17) is 0 Å². The van der Waals surface area contributed by atoms with Crippen molar-refractivity contribution >= 4 is 5.69 Å². The highest BCUT2D eigenvalue weighted by molar-refractivity contribution is 5.45. The van der Waals surface area contributed by atoms with Crippen molar-refractivity contribution in [2.24, 2.45) is 5.92 Å². The van der Waals surface area contributed by atoms with Crippen LogP contribution in [-0.2, 0) is 0 Å². The summed E-state index contributed by atoms with van der Waals surface area (Å²) >= 11 is 0. The lowest BCUT2D eigenvalue weighted by Crippen LogP contribution is -2.33. The summed E-state index contributed by atoms with van der Waals surface area (Å²) in [5.74, 6) is 0.928. The minimum Gasteiger partial charge on any atom is -0.370 e. The minimum atomic E-state index is 0.338. The lowest BCUT2D eigenvalue weighted by molar-refractivity contribution is 0.395. The third kappa shape index (κ3) is 3.69. The molecular formula is C16H27N3. The molecule has 3 heteroatoms. The number of nitrogens with zero attached hydrogens (tertiary/aromatic N) is 2. The molecule has 1 aromatic heterocycles. The van der Waals surface area contributed by atoms with E-state index in [1.807, 2.05) is 6.20 Å². The molecule has 2 rings (SSSR count). The van der Waals surface area contributed by atoms with Gasteiger partial charge in [0.25, 0.3) is 0 Å². The maximum absolute atomic E-state index is 4.61. The summed E-state index contributed by atoms with van der Waals surface area (Å²) in [7, 11) is 0. The van der Waals surface area contributed by atoms with Crippen molar-refractivity contribution in [3.8, 4) is 0 Å². The van der Waals surface area contributed by atoms with Crippen LogP contribution in [0.15, 0.2) is 18.3 Å². The van der Waals surface area contributed by atoms with Crippen molar-refractivity contribution in [1.82, 2.24) is 10.3 Å². The fourth-order valence-electron chi connectivity index (χ4n) is 2.85. The van der Waals surface area contributed by atoms with Crippen molar-refractivity contribution in [3.05, 3.63) is 24.0 Å². The fraction of sp³-hybridized carbons (Fsp3) is 0.688. The van der Waals surface area contributed by atoms with Crippen molar-refractivity contribution in [2.45, 2.75) is 46.1 Å². The Labute approximate surface area is 117 Å². The molecule has 0 amide bonds. The second-order valence-electron chi connectivity index (χ2n) is 5.56. The van der Waals surface area contributed by atoms with Crippen molar-refractivity contribution in [2.75, 3.05) is 24.5 Å². The van der Waals surface area contributed by atoms with Gasteiger partial charge in [0.2, 0.25) is 0 Å². The number of hydrogen-bond acceptors (Lipinski definition) is 3. The molecule has 0 saturated carbocycles. The molecule has 1 aliphatic rings. The highest BCUT2D eigenvalue weighted by Gasteiger charge is 2.18. The zero-order valence-electron chi connectivity index (χ0n) is 12.5. The first-order valence-electron chi connectivity index (χ1n) is 7.68. The van der Waals surface area contributed by atoms with Crippen LogP contribution in [0, 0.1) is 5.92 Å². The standard InChI is InChI=1S/C16H27N3/c1-4-14-8-10-19(11-9-14)15-6-7-16(18-12-15)13(3)17-5-2/h6-7,12-14,17H,4-5,8-11H2,1-3H3. The van der Waals surface area contributed by atoms with Crippen LogP contribution >= 0.6 is 0 Å². The largest absolute Gasteiger partial charge is 0.370 e. The normalized spacial score (nSPS) is 18.6. The van der Waals surface area contributed by atoms with E-state index in [1.54, 1.807) is 0 Å². The highest BCUT2D eigenvalue weighted by Crippen LogP contribution is 2.25. The van der Waals surface area contributed by atoms with E-state index in [-0.39, 0.29) is 0 Å². The molecular weight excluding hydrogens is 234 g/mol. The number of pyridine rings is 1. The number of anilines is 1. The number of piperidine rings is 1. The first-order valence-corrected chi connectivity index (χ1v) is 7.68. The fourth-order valence-corrected chi connectivity index (χ4v) is 2.85. The van der Waals surface area contributed by atoms with Gasteiger partial charge in [-0.05, 0) is 44.4 Å². The molecule has 0 aliphatic carbocycles. The molecule has 2 heterocycles. The summed E-state index contributed by atoms with van der Waals surface area (Å²) in [6, 6.07) is 4.72. The van der Waals surface area contributed by atoms with E-state index >= 15 is 0 Å². The smallest absolute Gasteiger partial charge is 0.0572 e. The predicted molar refractivity (Wildman–Crippen MR) is 81.6 cm³/mol. The Morgan fingerprint density at radius 2 is 2.05 bits per heavy atom. The van der Waals surface area contributed by atoms with Crippen molar-refractivity contribution in [1.29, 1.82) is 0 Å². The molecule has 1 aromatic rings. The van der Waals surface area contributed by atoms with Crippen molar-refractivity contribution < 1.29 is 0 Å². The number of aromatic nitrogens is 1. The molecule has 0 radical (unpaired) electrons. The first kappa shape index (κ1) is 14.3. The first-order chi connectivity index (χ1) is 9.24. The Morgan fingerprint density at radius 3 is 2.58 bits per heavy atom. The van der Waals surface area contributed by atoms with E-state index in [9.17, 15) is 0 Å². The third-order valence-electron chi connectivity index (χ3n) is 4.28. The Hall–Kier alpha value is -1.09. The van der Waals surface area contributed by atoms with Crippen LogP contribution in [0.2, 0.25) is 0 Å². The zero-order chi connectivity index (χ0) is 13.7. The van der Waals surface area contributed by atoms with E-state index < -0.39 is 0 Å². The van der Waals surface area contributed by atoms with E-state index in [2.05, 4.69) is 48.1 Å². The van der Waals surface area contributed by atoms with E-state index in [0.717, 1.165) is 18.2 Å². The summed E-state index contributed by atoms with van der Waals surface area (Å²) in [6.45, 7) is 9.94. The van der Waals surface area contributed by atoms with E-state index in [1.165, 1.54) is 38.0 Å². The average molecular weight is 261 g/mol. The van der Waals surface area contributed by atoms with Crippen LogP contribution in [-0.4, -0.2) is 24.6 Å². The second kappa shape index (κ2) is 6.90. The molecule has 106 valence electrons. The molecule has 1 atom stereocenters. The highest BCUT2D eigenvalue weighted by atomic mass is 15.1. The lowest BCUT2D eigenvalue weighted by Gasteiger charge is -2.33. The Kier molecular flexibility index (Phi) is 5.20. The molecule has 0 spiro atoms. The topological polar surface area (TPSA) is 28.2 Å². The maximum atomic E-state index is 4.61. The van der Waals surface area contributed by atoms with Crippen LogP contribution in [0.4, 0.5) is 5.69 Å². The van der Waals surface area contributed by atoms with Gasteiger partial charge in [-0.2, -0.15) is 0 Å². The molecule has 1 N–H and O–H groups in total. The molecule has 0 aromatic carbocycles. The predicted octanol–water partition coefficient (Wildman–Crippen LogP) is 3.38. The van der Waals surface area contributed by atoms with Gasteiger partial charge in [-0.15, -0.1) is 0 Å². The Bertz CT molecular complexity index is 366. The minimum absolute atomic E-state index is 0.338. The quantitative estimate of drug-likeness (QED) is 0.880. The van der Waals surface area contributed by atoms with Gasteiger partial charge in [-0.1, -0.05) is 20.3 Å². The van der Waals surface area contributed by atoms with Crippen LogP contribution in [0.3, 0.4) is 0 Å². The molecule has 1 aliphatic heterocycles. The van der Waals surface area contributed by atoms with Gasteiger partial charge in [0, 0.05) is 19.1 Å². The van der Waals surface area contributed by atoms with E-state index in [0.29, 0.717) is 6.04 Å². The second-order valence-corrected chi connectivity index (χ2v) is 5.56. The SMILES string of the molecule is CCNC(C)c1ccc(N2CCC(CC)CC2)cn1. The third-order valence-corrected chi connectivity index (χ3v) is 4.28. The van der Waals surface area contributed by atoms with Gasteiger partial charge < -0.3 is 10.2 Å². The number of rotatable bonds is 5. The van der Waals surface area contributed by atoms with Crippen LogP contribution < -0.4 is 10.2 Å². The summed E-state index contributed by atoms with van der Waals surface area (Å²) in [4.78, 5) is 7.08. The average Bonchev–Trinajstić information content (AvgIpc) is 2.48. The Balaban J connectivity index is 1.95. The Morgan fingerprint density at radius 1 is 1.32 bits per heavy atom. The summed E-state index contributed by atoms with van der Waals surface area (Å²) in [5, 5.41) is 3.40. The number of hydrogen-bond donors (Lipinski definition) is 1. The van der Waals surface area contributed by atoms with Gasteiger partial charge in [0.1, 0.15) is 0 Å².